The van der Waals surface area contributed by atoms with Gasteiger partial charge in [0, 0.05) is 12.5 Å². The Morgan fingerprint density at radius 1 is 1.50 bits per heavy atom. The molecule has 3 N–H and O–H groups in total. The first-order chi connectivity index (χ1) is 6.32. The Labute approximate surface area is 87.6 Å². The molecule has 0 aromatic heterocycles. The van der Waals surface area contributed by atoms with E-state index in [1.165, 1.54) is 0 Å². The smallest absolute Gasteiger partial charge is 0.192 e. The zero-order valence-corrected chi connectivity index (χ0v) is 10.8. The fourth-order valence-corrected chi connectivity index (χ4v) is 2.46. The van der Waals surface area contributed by atoms with Crippen molar-refractivity contribution in [1.29, 1.82) is 0 Å². The molecule has 4 nitrogen and oxygen atoms in total. The van der Waals surface area contributed by atoms with Crippen LogP contribution in [0, 0.1) is 11.8 Å². The number of amidine groups is 1. The molecule has 0 amide bonds. The van der Waals surface area contributed by atoms with E-state index < -0.39 is 8.24 Å². The molecule has 0 saturated heterocycles. The third kappa shape index (κ3) is 2.48. The fraction of sp³-hybridized carbons (Fsp3) is 0.889. The maximum absolute atomic E-state index is 5.96. The predicted octanol–water partition coefficient (Wildman–Crippen LogP) is 1.19. The molecule has 0 aromatic carbocycles. The lowest BCUT2D eigenvalue weighted by Crippen LogP contribution is -2.58. The molecule has 0 spiro atoms. The van der Waals surface area contributed by atoms with Crippen LogP contribution in [0.25, 0.3) is 0 Å². The van der Waals surface area contributed by atoms with Gasteiger partial charge in [0.15, 0.2) is 8.24 Å². The van der Waals surface area contributed by atoms with Gasteiger partial charge in [-0.2, -0.15) is 5.10 Å². The van der Waals surface area contributed by atoms with Crippen molar-refractivity contribution >= 4 is 14.1 Å². The molecular formula is C9H22N4Si. The van der Waals surface area contributed by atoms with Crippen LogP contribution in [0.2, 0.25) is 19.6 Å². The lowest BCUT2D eigenvalue weighted by molar-refractivity contribution is 0.263. The van der Waals surface area contributed by atoms with E-state index in [0.717, 1.165) is 12.4 Å². The highest BCUT2D eigenvalue weighted by molar-refractivity contribution is 6.73. The highest BCUT2D eigenvalue weighted by atomic mass is 28.3. The summed E-state index contributed by atoms with van der Waals surface area (Å²) in [6, 6.07) is 0. The van der Waals surface area contributed by atoms with Gasteiger partial charge in [0.05, 0.1) is 0 Å². The molecular weight excluding hydrogens is 192 g/mol. The fourth-order valence-electron chi connectivity index (χ4n) is 1.48. The van der Waals surface area contributed by atoms with Crippen molar-refractivity contribution < 1.29 is 0 Å². The molecule has 0 aliphatic carbocycles. The lowest BCUT2D eigenvalue weighted by atomic mass is 9.95. The van der Waals surface area contributed by atoms with E-state index in [1.54, 1.807) is 0 Å². The van der Waals surface area contributed by atoms with Crippen molar-refractivity contribution in [3.63, 3.8) is 0 Å². The normalized spacial score (nSPS) is 24.0. The van der Waals surface area contributed by atoms with Crippen LogP contribution in [0.1, 0.15) is 13.8 Å². The van der Waals surface area contributed by atoms with E-state index in [0.29, 0.717) is 11.8 Å². The van der Waals surface area contributed by atoms with Crippen LogP contribution < -0.4 is 11.2 Å². The second kappa shape index (κ2) is 3.90. The van der Waals surface area contributed by atoms with E-state index in [4.69, 9.17) is 5.73 Å². The zero-order valence-electron chi connectivity index (χ0n) is 9.83. The molecule has 1 aliphatic heterocycles. The number of nitrogens with one attached hydrogen (secondary N) is 1. The van der Waals surface area contributed by atoms with Gasteiger partial charge in [-0.1, -0.05) is 13.8 Å². The van der Waals surface area contributed by atoms with Crippen LogP contribution in [-0.4, -0.2) is 25.4 Å². The van der Waals surface area contributed by atoms with Crippen LogP contribution in [0.15, 0.2) is 5.10 Å². The Morgan fingerprint density at radius 3 is 2.43 bits per heavy atom. The summed E-state index contributed by atoms with van der Waals surface area (Å²) in [7, 11) is -1.41. The maximum Gasteiger partial charge on any atom is 0.192 e. The number of nitrogens with zero attached hydrogens (tertiary/aromatic N) is 2. The number of hydrazine groups is 1. The molecule has 1 aliphatic rings. The summed E-state index contributed by atoms with van der Waals surface area (Å²) in [5.41, 5.74) is 9.31. The number of rotatable bonds is 2. The van der Waals surface area contributed by atoms with Gasteiger partial charge >= 0.3 is 0 Å². The number of nitrogens with two attached hydrogens (primary N) is 1. The van der Waals surface area contributed by atoms with Crippen molar-refractivity contribution in [3.05, 3.63) is 0 Å². The first kappa shape index (κ1) is 11.5. The van der Waals surface area contributed by atoms with Gasteiger partial charge in [0.2, 0.25) is 0 Å². The lowest BCUT2D eigenvalue weighted by Gasteiger charge is -2.38. The summed E-state index contributed by atoms with van der Waals surface area (Å²) in [4.78, 5) is 1.99. The van der Waals surface area contributed by atoms with Crippen LogP contribution >= 0.6 is 0 Å². The van der Waals surface area contributed by atoms with Crippen LogP contribution in [0.3, 0.4) is 0 Å². The SMILES string of the molecule is CC(C)C1CNN([Si](C)(C)C)N=C1N. The highest BCUT2D eigenvalue weighted by Gasteiger charge is 2.30. The van der Waals surface area contributed by atoms with Crippen molar-refractivity contribution in [1.82, 2.24) is 10.2 Å². The molecule has 1 heterocycles. The standard InChI is InChI=1S/C9H22N4Si/c1-7(2)8-6-11-13(12-9(8)10)14(3,4)5/h7-8,11H,6H2,1-5H3,(H2,10,12). The number of hydrogen-bond donors (Lipinski definition) is 2. The maximum atomic E-state index is 5.96. The predicted molar refractivity (Wildman–Crippen MR) is 63.1 cm³/mol. The Morgan fingerprint density at radius 2 is 2.07 bits per heavy atom. The molecule has 0 bridgehead atoms. The van der Waals surface area contributed by atoms with E-state index in [9.17, 15) is 0 Å². The number of hydrogen-bond acceptors (Lipinski definition) is 4. The summed E-state index contributed by atoms with van der Waals surface area (Å²) in [6.45, 7) is 12.0. The summed E-state index contributed by atoms with van der Waals surface area (Å²) in [5.74, 6) is 1.71. The van der Waals surface area contributed by atoms with Gasteiger partial charge in [0.1, 0.15) is 5.84 Å². The third-order valence-electron chi connectivity index (χ3n) is 2.50. The minimum Gasteiger partial charge on any atom is -0.385 e. The monoisotopic (exact) mass is 214 g/mol. The van der Waals surface area contributed by atoms with E-state index in [1.807, 2.05) is 4.78 Å². The number of hydrazone groups is 1. The zero-order chi connectivity index (χ0) is 10.9. The second-order valence-corrected chi connectivity index (χ2v) is 9.99. The molecule has 0 aromatic rings. The Hall–Kier alpha value is -0.553. The topological polar surface area (TPSA) is 53.6 Å². The second-order valence-electron chi connectivity index (χ2n) is 5.22. The molecule has 0 radical (unpaired) electrons. The molecule has 1 atom stereocenters. The van der Waals surface area contributed by atoms with Crippen molar-refractivity contribution in [2.75, 3.05) is 6.54 Å². The van der Waals surface area contributed by atoms with Gasteiger partial charge in [-0.25, -0.2) is 5.43 Å². The Bertz CT molecular complexity index is 231. The minimum absolute atomic E-state index is 0.377. The van der Waals surface area contributed by atoms with Gasteiger partial charge in [-0.05, 0) is 25.6 Å². The van der Waals surface area contributed by atoms with Crippen LogP contribution in [-0.2, 0) is 0 Å². The molecule has 14 heavy (non-hydrogen) atoms. The summed E-state index contributed by atoms with van der Waals surface area (Å²) in [5, 5.41) is 4.43. The van der Waals surface area contributed by atoms with Crippen LogP contribution in [0.5, 0.6) is 0 Å². The summed E-state index contributed by atoms with van der Waals surface area (Å²) in [6.07, 6.45) is 0. The van der Waals surface area contributed by atoms with Gasteiger partial charge < -0.3 is 5.73 Å². The first-order valence-electron chi connectivity index (χ1n) is 5.20. The Kier molecular flexibility index (Phi) is 3.21. The van der Waals surface area contributed by atoms with E-state index in [2.05, 4.69) is 44.0 Å². The highest BCUT2D eigenvalue weighted by Crippen LogP contribution is 2.17. The molecule has 82 valence electrons. The Balaban J connectivity index is 2.76. The summed E-state index contributed by atoms with van der Waals surface area (Å²) >= 11 is 0. The van der Waals surface area contributed by atoms with Gasteiger partial charge in [0.25, 0.3) is 0 Å². The molecule has 5 heteroatoms. The van der Waals surface area contributed by atoms with Gasteiger partial charge in [-0.15, -0.1) is 0 Å². The average molecular weight is 214 g/mol. The first-order valence-corrected chi connectivity index (χ1v) is 8.65. The van der Waals surface area contributed by atoms with Gasteiger partial charge in [-0.3, -0.25) is 4.78 Å². The van der Waals surface area contributed by atoms with Crippen molar-refractivity contribution in [2.24, 2.45) is 22.7 Å². The molecule has 1 unspecified atom stereocenters. The molecule has 0 saturated carbocycles. The van der Waals surface area contributed by atoms with Crippen molar-refractivity contribution in [2.45, 2.75) is 33.5 Å². The minimum atomic E-state index is -1.41. The third-order valence-corrected chi connectivity index (χ3v) is 4.03. The molecule has 0 fully saturated rings. The summed E-state index contributed by atoms with van der Waals surface area (Å²) < 4.78 is 0. The van der Waals surface area contributed by atoms with Crippen LogP contribution in [0.4, 0.5) is 0 Å². The van der Waals surface area contributed by atoms with E-state index >= 15 is 0 Å². The largest absolute Gasteiger partial charge is 0.385 e. The van der Waals surface area contributed by atoms with E-state index in [-0.39, 0.29) is 0 Å². The quantitative estimate of drug-likeness (QED) is 0.679. The average Bonchev–Trinajstić information content (AvgIpc) is 2.01. The van der Waals surface area contributed by atoms with Crippen molar-refractivity contribution in [3.8, 4) is 0 Å². The molecule has 1 rings (SSSR count).